The number of amides is 1. The van der Waals surface area contributed by atoms with E-state index in [1.54, 1.807) is 12.3 Å². The fourth-order valence-electron chi connectivity index (χ4n) is 4.50. The molecule has 146 valence electrons. The monoisotopic (exact) mass is 401 g/mol. The van der Waals surface area contributed by atoms with E-state index in [9.17, 15) is 18.0 Å². The molecule has 5 rings (SSSR count). The molecule has 10 heteroatoms. The third kappa shape index (κ3) is 2.24. The second-order valence-electron chi connectivity index (χ2n) is 7.67. The van der Waals surface area contributed by atoms with Crippen LogP contribution in [0.3, 0.4) is 0 Å². The van der Waals surface area contributed by atoms with Gasteiger partial charge in [0.1, 0.15) is 22.9 Å². The highest BCUT2D eigenvalue weighted by Crippen LogP contribution is 2.39. The molecule has 1 amide bonds. The van der Waals surface area contributed by atoms with Crippen molar-refractivity contribution in [1.29, 1.82) is 0 Å². The van der Waals surface area contributed by atoms with Crippen LogP contribution >= 0.6 is 0 Å². The number of hydrogen-bond donors (Lipinski definition) is 3. The summed E-state index contributed by atoms with van der Waals surface area (Å²) in [4.78, 5) is 30.3. The van der Waals surface area contributed by atoms with Gasteiger partial charge in [-0.25, -0.2) is 13.4 Å². The number of nitrogens with one attached hydrogen (secondary N) is 2. The average molecular weight is 401 g/mol. The van der Waals surface area contributed by atoms with Gasteiger partial charge in [0.2, 0.25) is 0 Å². The topological polar surface area (TPSA) is 136 Å². The van der Waals surface area contributed by atoms with E-state index in [0.717, 1.165) is 16.8 Å². The van der Waals surface area contributed by atoms with Crippen molar-refractivity contribution in [1.82, 2.24) is 14.9 Å². The maximum Gasteiger partial charge on any atom is 0.277 e. The van der Waals surface area contributed by atoms with Gasteiger partial charge in [-0.3, -0.25) is 14.2 Å². The molecule has 28 heavy (non-hydrogen) atoms. The van der Waals surface area contributed by atoms with Crippen LogP contribution in [0.25, 0.3) is 0 Å². The Morgan fingerprint density at radius 2 is 1.96 bits per heavy atom. The lowest BCUT2D eigenvalue weighted by Crippen LogP contribution is -2.52. The maximum atomic E-state index is 13.4. The summed E-state index contributed by atoms with van der Waals surface area (Å²) in [6.45, 7) is 1.82. The Morgan fingerprint density at radius 3 is 2.68 bits per heavy atom. The summed E-state index contributed by atoms with van der Waals surface area (Å²) in [5.74, 6) is -0.113. The predicted octanol–water partition coefficient (Wildman–Crippen LogP) is 0.387. The van der Waals surface area contributed by atoms with Gasteiger partial charge in [-0.15, -0.1) is 0 Å². The number of nitrogen functional groups attached to an aromatic ring is 1. The first-order valence-corrected chi connectivity index (χ1v) is 10.9. The number of nitrogens with two attached hydrogens (primary N) is 1. The van der Waals surface area contributed by atoms with Gasteiger partial charge in [0.05, 0.1) is 11.5 Å². The van der Waals surface area contributed by atoms with Crippen molar-refractivity contribution in [3.8, 4) is 0 Å². The van der Waals surface area contributed by atoms with Crippen molar-refractivity contribution in [2.45, 2.75) is 31.8 Å². The number of carbonyl (C=O) groups is 1. The molecule has 2 aromatic heterocycles. The van der Waals surface area contributed by atoms with Crippen LogP contribution in [0, 0.1) is 6.92 Å². The molecule has 4 N–H and O–H groups in total. The molecule has 0 saturated carbocycles. The van der Waals surface area contributed by atoms with Crippen LogP contribution in [-0.2, 0) is 21.9 Å². The molecule has 2 aromatic rings. The van der Waals surface area contributed by atoms with Gasteiger partial charge >= 0.3 is 0 Å². The van der Waals surface area contributed by atoms with Crippen molar-refractivity contribution in [2.24, 2.45) is 0 Å². The molecule has 0 bridgehead atoms. The summed E-state index contributed by atoms with van der Waals surface area (Å²) in [5, 5.41) is 6.07. The van der Waals surface area contributed by atoms with Crippen LogP contribution in [0.1, 0.15) is 40.0 Å². The Kier molecular flexibility index (Phi) is 3.29. The van der Waals surface area contributed by atoms with E-state index in [1.165, 1.54) is 4.57 Å². The lowest BCUT2D eigenvalue weighted by Gasteiger charge is -2.35. The Morgan fingerprint density at radius 1 is 1.25 bits per heavy atom. The van der Waals surface area contributed by atoms with Crippen molar-refractivity contribution in [3.63, 3.8) is 0 Å². The van der Waals surface area contributed by atoms with Crippen LogP contribution in [0.5, 0.6) is 0 Å². The third-order valence-corrected chi connectivity index (χ3v) is 7.68. The fraction of sp³-hybridized carbons (Fsp3) is 0.389. The number of sulfone groups is 1. The second-order valence-corrected chi connectivity index (χ2v) is 9.98. The quantitative estimate of drug-likeness (QED) is 0.495. The average Bonchev–Trinajstić information content (AvgIpc) is 2.94. The SMILES string of the molecule is Cc1c2c(c(=O)n3c1C(=O)NC31CCS(=O)(=O)CC1)Nc1cc(N)ncc1C2. The largest absolute Gasteiger partial charge is 0.384 e. The van der Waals surface area contributed by atoms with Crippen molar-refractivity contribution in [2.75, 3.05) is 22.6 Å². The number of fused-ring (bicyclic) bond motifs is 4. The molecular weight excluding hydrogens is 382 g/mol. The Hall–Kier alpha value is -2.88. The van der Waals surface area contributed by atoms with Gasteiger partial charge in [0.15, 0.2) is 9.84 Å². The molecule has 3 aliphatic heterocycles. The molecule has 1 fully saturated rings. The number of nitrogens with zero attached hydrogens (tertiary/aromatic N) is 2. The van der Waals surface area contributed by atoms with E-state index in [0.29, 0.717) is 29.2 Å². The van der Waals surface area contributed by atoms with Gasteiger partial charge in [0, 0.05) is 37.2 Å². The van der Waals surface area contributed by atoms with E-state index in [-0.39, 0.29) is 35.8 Å². The smallest absolute Gasteiger partial charge is 0.277 e. The highest BCUT2D eigenvalue weighted by Gasteiger charge is 2.48. The second kappa shape index (κ2) is 5.34. The zero-order valence-corrected chi connectivity index (χ0v) is 16.0. The molecule has 0 radical (unpaired) electrons. The highest BCUT2D eigenvalue weighted by atomic mass is 32.2. The number of carbonyl (C=O) groups excluding carboxylic acids is 1. The molecule has 0 aromatic carbocycles. The maximum absolute atomic E-state index is 13.4. The van der Waals surface area contributed by atoms with Gasteiger partial charge in [-0.2, -0.15) is 0 Å². The molecule has 9 nitrogen and oxygen atoms in total. The molecule has 0 aliphatic carbocycles. The van der Waals surface area contributed by atoms with Crippen molar-refractivity contribution >= 4 is 32.9 Å². The minimum Gasteiger partial charge on any atom is -0.384 e. The number of hydrogen-bond acceptors (Lipinski definition) is 7. The van der Waals surface area contributed by atoms with Crippen LogP contribution in [0.2, 0.25) is 0 Å². The minimum absolute atomic E-state index is 0.0617. The molecule has 0 atom stereocenters. The number of rotatable bonds is 0. The third-order valence-electron chi connectivity index (χ3n) is 6.03. The Labute approximate surface area is 160 Å². The van der Waals surface area contributed by atoms with E-state index >= 15 is 0 Å². The first-order chi connectivity index (χ1) is 13.2. The van der Waals surface area contributed by atoms with Crippen LogP contribution < -0.4 is 21.9 Å². The van der Waals surface area contributed by atoms with E-state index in [4.69, 9.17) is 5.73 Å². The summed E-state index contributed by atoms with van der Waals surface area (Å²) in [6, 6.07) is 1.68. The predicted molar refractivity (Wildman–Crippen MR) is 104 cm³/mol. The first kappa shape index (κ1) is 17.2. The molecule has 0 unspecified atom stereocenters. The number of aromatic nitrogens is 2. The van der Waals surface area contributed by atoms with Crippen molar-refractivity contribution in [3.05, 3.63) is 45.0 Å². The standard InChI is InChI=1S/C18H19N5O4S/c1-9-11-6-10-8-20-13(19)7-12(10)21-14(11)17(25)23-15(9)16(24)22-18(23)2-4-28(26,27)5-3-18/h7-8,21H,2-6H2,1H3,(H2,19,20)(H,22,24). The summed E-state index contributed by atoms with van der Waals surface area (Å²) in [5.41, 5.74) is 8.26. The lowest BCUT2D eigenvalue weighted by molar-refractivity contribution is 0.0908. The number of anilines is 3. The Bertz CT molecular complexity index is 1220. The Balaban J connectivity index is 1.71. The first-order valence-electron chi connectivity index (χ1n) is 9.04. The van der Waals surface area contributed by atoms with Gasteiger partial charge in [0.25, 0.3) is 11.5 Å². The van der Waals surface area contributed by atoms with Gasteiger partial charge < -0.3 is 16.4 Å². The summed E-state index contributed by atoms with van der Waals surface area (Å²) < 4.78 is 25.3. The minimum atomic E-state index is -3.15. The van der Waals surface area contributed by atoms with E-state index in [1.807, 2.05) is 6.92 Å². The number of pyridine rings is 2. The summed E-state index contributed by atoms with van der Waals surface area (Å²) >= 11 is 0. The highest BCUT2D eigenvalue weighted by molar-refractivity contribution is 7.91. The molecule has 5 heterocycles. The van der Waals surface area contributed by atoms with E-state index in [2.05, 4.69) is 15.6 Å². The van der Waals surface area contributed by atoms with Gasteiger partial charge in [-0.1, -0.05) is 0 Å². The van der Waals surface area contributed by atoms with Crippen LogP contribution in [0.4, 0.5) is 17.2 Å². The fourth-order valence-corrected chi connectivity index (χ4v) is 6.01. The molecule has 1 spiro atoms. The molecule has 3 aliphatic rings. The summed E-state index contributed by atoms with van der Waals surface area (Å²) in [7, 11) is -3.15. The van der Waals surface area contributed by atoms with Crippen molar-refractivity contribution < 1.29 is 13.2 Å². The molecule has 1 saturated heterocycles. The summed E-state index contributed by atoms with van der Waals surface area (Å²) in [6.07, 6.45) is 2.49. The zero-order valence-electron chi connectivity index (χ0n) is 15.2. The lowest BCUT2D eigenvalue weighted by atomic mass is 9.94. The zero-order chi connectivity index (χ0) is 19.8. The van der Waals surface area contributed by atoms with E-state index < -0.39 is 15.5 Å². The van der Waals surface area contributed by atoms with Gasteiger partial charge in [-0.05, 0) is 23.6 Å². The normalized spacial score (nSPS) is 20.7. The van der Waals surface area contributed by atoms with Crippen LogP contribution in [0.15, 0.2) is 17.1 Å². The van der Waals surface area contributed by atoms with Crippen LogP contribution in [-0.4, -0.2) is 35.4 Å². The molecular formula is C18H19N5O4S.